The third-order valence-electron chi connectivity index (χ3n) is 4.80. The van der Waals surface area contributed by atoms with E-state index < -0.39 is 0 Å². The third-order valence-corrected chi connectivity index (χ3v) is 4.80. The van der Waals surface area contributed by atoms with E-state index >= 15 is 0 Å². The predicted octanol–water partition coefficient (Wildman–Crippen LogP) is 3.38. The van der Waals surface area contributed by atoms with Crippen molar-refractivity contribution < 1.29 is 4.74 Å². The molecule has 2 aliphatic rings. The smallest absolute Gasteiger partial charge is 0.0594 e. The fourth-order valence-corrected chi connectivity index (χ4v) is 3.36. The van der Waals surface area contributed by atoms with Gasteiger partial charge in [-0.15, -0.1) is 0 Å². The Hall–Kier alpha value is -0.860. The summed E-state index contributed by atoms with van der Waals surface area (Å²) in [6.45, 7) is 3.02. The second-order valence-corrected chi connectivity index (χ2v) is 5.81. The van der Waals surface area contributed by atoms with Gasteiger partial charge in [0.2, 0.25) is 0 Å². The topological polar surface area (TPSA) is 35.2 Å². The molecule has 1 saturated carbocycles. The maximum atomic E-state index is 6.53. The summed E-state index contributed by atoms with van der Waals surface area (Å²) in [5.74, 6) is 1.23. The van der Waals surface area contributed by atoms with E-state index in [-0.39, 0.29) is 6.04 Å². The summed E-state index contributed by atoms with van der Waals surface area (Å²) < 4.78 is 5.67. The van der Waals surface area contributed by atoms with Crippen LogP contribution in [0.4, 0.5) is 0 Å². The SMILES string of the molecule is CC1OCCC1C(N)c1ccccc1C1CCC1. The lowest BCUT2D eigenvalue weighted by atomic mass is 9.75. The average molecular weight is 245 g/mol. The second-order valence-electron chi connectivity index (χ2n) is 5.81. The highest BCUT2D eigenvalue weighted by Crippen LogP contribution is 2.41. The molecule has 0 spiro atoms. The Labute approximate surface area is 110 Å². The van der Waals surface area contributed by atoms with Gasteiger partial charge in [-0.2, -0.15) is 0 Å². The van der Waals surface area contributed by atoms with Crippen LogP contribution >= 0.6 is 0 Å². The molecule has 1 saturated heterocycles. The molecule has 0 radical (unpaired) electrons. The van der Waals surface area contributed by atoms with E-state index in [1.165, 1.54) is 30.4 Å². The van der Waals surface area contributed by atoms with Crippen molar-refractivity contribution in [3.05, 3.63) is 35.4 Å². The van der Waals surface area contributed by atoms with Crippen LogP contribution in [0.3, 0.4) is 0 Å². The van der Waals surface area contributed by atoms with Crippen molar-refractivity contribution in [2.75, 3.05) is 6.61 Å². The van der Waals surface area contributed by atoms with Gasteiger partial charge in [-0.3, -0.25) is 0 Å². The average Bonchev–Trinajstić information content (AvgIpc) is 2.73. The van der Waals surface area contributed by atoms with E-state index in [4.69, 9.17) is 10.5 Å². The highest BCUT2D eigenvalue weighted by Gasteiger charge is 2.33. The van der Waals surface area contributed by atoms with Crippen molar-refractivity contribution in [2.24, 2.45) is 11.7 Å². The number of nitrogens with two attached hydrogens (primary N) is 1. The quantitative estimate of drug-likeness (QED) is 0.886. The van der Waals surface area contributed by atoms with Crippen molar-refractivity contribution in [3.63, 3.8) is 0 Å². The minimum absolute atomic E-state index is 0.138. The summed E-state index contributed by atoms with van der Waals surface area (Å²) in [5, 5.41) is 0. The van der Waals surface area contributed by atoms with Gasteiger partial charge in [-0.1, -0.05) is 30.7 Å². The van der Waals surface area contributed by atoms with Crippen LogP contribution in [0, 0.1) is 5.92 Å². The zero-order valence-corrected chi connectivity index (χ0v) is 11.1. The maximum absolute atomic E-state index is 6.53. The number of ether oxygens (including phenoxy) is 1. The Morgan fingerprint density at radius 1 is 1.22 bits per heavy atom. The molecule has 1 aliphatic heterocycles. The van der Waals surface area contributed by atoms with E-state index in [1.807, 2.05) is 0 Å². The third kappa shape index (κ3) is 2.08. The zero-order valence-electron chi connectivity index (χ0n) is 11.1. The van der Waals surface area contributed by atoms with E-state index in [0.29, 0.717) is 12.0 Å². The molecule has 2 heteroatoms. The second kappa shape index (κ2) is 5.02. The van der Waals surface area contributed by atoms with E-state index in [1.54, 1.807) is 0 Å². The minimum Gasteiger partial charge on any atom is -0.378 e. The molecule has 2 nitrogen and oxygen atoms in total. The molecule has 1 aliphatic carbocycles. The highest BCUT2D eigenvalue weighted by atomic mass is 16.5. The minimum atomic E-state index is 0.138. The van der Waals surface area contributed by atoms with Crippen molar-refractivity contribution in [3.8, 4) is 0 Å². The summed E-state index contributed by atoms with van der Waals surface area (Å²) >= 11 is 0. The summed E-state index contributed by atoms with van der Waals surface area (Å²) in [4.78, 5) is 0. The number of rotatable bonds is 3. The Bertz CT molecular complexity index is 413. The fraction of sp³-hybridized carbons (Fsp3) is 0.625. The van der Waals surface area contributed by atoms with E-state index in [0.717, 1.165) is 18.9 Å². The van der Waals surface area contributed by atoms with Gasteiger partial charge in [-0.05, 0) is 43.2 Å². The molecule has 1 heterocycles. The van der Waals surface area contributed by atoms with Crippen LogP contribution in [-0.4, -0.2) is 12.7 Å². The number of hydrogen-bond donors (Lipinski definition) is 1. The van der Waals surface area contributed by atoms with Crippen molar-refractivity contribution in [1.82, 2.24) is 0 Å². The van der Waals surface area contributed by atoms with Gasteiger partial charge in [0.25, 0.3) is 0 Å². The summed E-state index contributed by atoms with van der Waals surface area (Å²) in [6.07, 6.45) is 5.44. The van der Waals surface area contributed by atoms with Gasteiger partial charge in [0.15, 0.2) is 0 Å². The normalized spacial score (nSPS) is 30.1. The first-order chi connectivity index (χ1) is 8.77. The van der Waals surface area contributed by atoms with Gasteiger partial charge >= 0.3 is 0 Å². The molecule has 2 N–H and O–H groups in total. The molecule has 0 aromatic heterocycles. The number of benzene rings is 1. The molecular weight excluding hydrogens is 222 g/mol. The summed E-state index contributed by atoms with van der Waals surface area (Å²) in [5.41, 5.74) is 9.39. The first-order valence-corrected chi connectivity index (χ1v) is 7.23. The first-order valence-electron chi connectivity index (χ1n) is 7.23. The molecule has 0 bridgehead atoms. The number of hydrogen-bond acceptors (Lipinski definition) is 2. The fourth-order valence-electron chi connectivity index (χ4n) is 3.36. The molecule has 2 fully saturated rings. The van der Waals surface area contributed by atoms with Crippen LogP contribution in [-0.2, 0) is 4.74 Å². The highest BCUT2D eigenvalue weighted by molar-refractivity contribution is 5.34. The van der Waals surface area contributed by atoms with Crippen molar-refractivity contribution in [2.45, 2.75) is 50.7 Å². The Balaban J connectivity index is 1.86. The van der Waals surface area contributed by atoms with E-state index in [9.17, 15) is 0 Å². The summed E-state index contributed by atoms with van der Waals surface area (Å²) in [6, 6.07) is 8.92. The van der Waals surface area contributed by atoms with Gasteiger partial charge < -0.3 is 10.5 Å². The van der Waals surface area contributed by atoms with Crippen LogP contribution in [0.2, 0.25) is 0 Å². The lowest BCUT2D eigenvalue weighted by Gasteiger charge is -2.31. The van der Waals surface area contributed by atoms with Crippen LogP contribution in [0.25, 0.3) is 0 Å². The maximum Gasteiger partial charge on any atom is 0.0594 e. The molecular formula is C16H23NO. The van der Waals surface area contributed by atoms with Crippen molar-refractivity contribution >= 4 is 0 Å². The van der Waals surface area contributed by atoms with Crippen molar-refractivity contribution in [1.29, 1.82) is 0 Å². The van der Waals surface area contributed by atoms with Crippen LogP contribution in [0.15, 0.2) is 24.3 Å². The lowest BCUT2D eigenvalue weighted by molar-refractivity contribution is 0.0993. The molecule has 98 valence electrons. The van der Waals surface area contributed by atoms with Gasteiger partial charge in [-0.25, -0.2) is 0 Å². The predicted molar refractivity (Wildman–Crippen MR) is 73.5 cm³/mol. The van der Waals surface area contributed by atoms with Crippen LogP contribution in [0.5, 0.6) is 0 Å². The molecule has 3 unspecified atom stereocenters. The molecule has 3 rings (SSSR count). The Kier molecular flexibility index (Phi) is 3.40. The monoisotopic (exact) mass is 245 g/mol. The zero-order chi connectivity index (χ0) is 12.5. The Morgan fingerprint density at radius 3 is 2.61 bits per heavy atom. The van der Waals surface area contributed by atoms with Gasteiger partial charge in [0, 0.05) is 18.6 Å². The Morgan fingerprint density at radius 2 is 2.00 bits per heavy atom. The standard InChI is InChI=1S/C16H23NO/c1-11-13(9-10-18-11)16(17)15-8-3-2-7-14(15)12-5-4-6-12/h2-3,7-8,11-13,16H,4-6,9-10,17H2,1H3. The van der Waals surface area contributed by atoms with Gasteiger partial charge in [0.05, 0.1) is 6.10 Å². The summed E-state index contributed by atoms with van der Waals surface area (Å²) in [7, 11) is 0. The first kappa shape index (κ1) is 12.2. The molecule has 0 amide bonds. The molecule has 18 heavy (non-hydrogen) atoms. The largest absolute Gasteiger partial charge is 0.378 e. The molecule has 1 aromatic carbocycles. The lowest BCUT2D eigenvalue weighted by Crippen LogP contribution is -2.28. The van der Waals surface area contributed by atoms with Gasteiger partial charge in [0.1, 0.15) is 0 Å². The van der Waals surface area contributed by atoms with Crippen LogP contribution < -0.4 is 5.73 Å². The van der Waals surface area contributed by atoms with E-state index in [2.05, 4.69) is 31.2 Å². The molecule has 1 aromatic rings. The molecule has 3 atom stereocenters. The van der Waals surface area contributed by atoms with Crippen LogP contribution in [0.1, 0.15) is 55.7 Å².